The highest BCUT2D eigenvalue weighted by Crippen LogP contribution is 2.36. The number of Topliss-reactive ketones (excluding diaryl/α,β-unsaturated/α-hetero) is 1. The number of carbonyl (C=O) groups is 1. The van der Waals surface area contributed by atoms with Crippen LogP contribution in [0.1, 0.15) is 35.2 Å². The average Bonchev–Trinajstić information content (AvgIpc) is 3.26. The van der Waals surface area contributed by atoms with Gasteiger partial charge in [0.1, 0.15) is 0 Å². The summed E-state index contributed by atoms with van der Waals surface area (Å²) in [6.45, 7) is 4.39. The van der Waals surface area contributed by atoms with E-state index in [1.807, 2.05) is 6.07 Å². The zero-order chi connectivity index (χ0) is 16.4. The molecule has 0 aromatic heterocycles. The first-order chi connectivity index (χ1) is 11.8. The van der Waals surface area contributed by atoms with Crippen LogP contribution >= 0.6 is 0 Å². The maximum absolute atomic E-state index is 12.4. The molecule has 0 unspecified atom stereocenters. The van der Waals surface area contributed by atoms with Gasteiger partial charge >= 0.3 is 0 Å². The second-order valence-corrected chi connectivity index (χ2v) is 6.78. The van der Waals surface area contributed by atoms with Crippen LogP contribution < -0.4 is 5.32 Å². The monoisotopic (exact) mass is 320 g/mol. The van der Waals surface area contributed by atoms with E-state index >= 15 is 0 Å². The molecule has 2 aromatic carbocycles. The van der Waals surface area contributed by atoms with Crippen LogP contribution in [0.4, 0.5) is 5.69 Å². The second kappa shape index (κ2) is 6.78. The molecule has 1 saturated heterocycles. The minimum Gasteiger partial charge on any atom is -0.383 e. The van der Waals surface area contributed by atoms with E-state index in [1.165, 1.54) is 42.6 Å². The molecule has 0 bridgehead atoms. The molecule has 24 heavy (non-hydrogen) atoms. The molecule has 2 aromatic rings. The minimum atomic E-state index is 0.284. The standard InChI is InChI=1S/C21H24N2O/c24-20-11-9-18-17(16-6-2-1-3-7-16)8-10-19(21(18)20)22-12-15-23-13-4-5-14-23/h1-3,6-8,10,22H,4-5,9,11-15H2. The lowest BCUT2D eigenvalue weighted by Gasteiger charge is -2.18. The first-order valence-electron chi connectivity index (χ1n) is 9.03. The van der Waals surface area contributed by atoms with Crippen molar-refractivity contribution < 1.29 is 4.79 Å². The van der Waals surface area contributed by atoms with Crippen molar-refractivity contribution in [3.63, 3.8) is 0 Å². The Bertz CT molecular complexity index is 733. The maximum atomic E-state index is 12.4. The quantitative estimate of drug-likeness (QED) is 0.904. The smallest absolute Gasteiger partial charge is 0.165 e. The van der Waals surface area contributed by atoms with Crippen molar-refractivity contribution in [2.75, 3.05) is 31.5 Å². The zero-order valence-corrected chi connectivity index (χ0v) is 14.1. The molecular formula is C21H24N2O. The van der Waals surface area contributed by atoms with Crippen LogP contribution in [-0.2, 0) is 6.42 Å². The van der Waals surface area contributed by atoms with E-state index in [4.69, 9.17) is 0 Å². The van der Waals surface area contributed by atoms with E-state index in [-0.39, 0.29) is 5.78 Å². The van der Waals surface area contributed by atoms with Gasteiger partial charge in [-0.1, -0.05) is 36.4 Å². The fourth-order valence-corrected chi connectivity index (χ4v) is 3.98. The maximum Gasteiger partial charge on any atom is 0.165 e. The molecule has 4 rings (SSSR count). The summed E-state index contributed by atoms with van der Waals surface area (Å²) in [6.07, 6.45) is 4.14. The van der Waals surface area contributed by atoms with Gasteiger partial charge in [-0.2, -0.15) is 0 Å². The normalized spacial score (nSPS) is 17.2. The predicted molar refractivity (Wildman–Crippen MR) is 98.7 cm³/mol. The van der Waals surface area contributed by atoms with Gasteiger partial charge in [0.15, 0.2) is 5.78 Å². The number of hydrogen-bond acceptors (Lipinski definition) is 3. The summed E-state index contributed by atoms with van der Waals surface area (Å²) in [7, 11) is 0. The highest BCUT2D eigenvalue weighted by molar-refractivity contribution is 6.07. The van der Waals surface area contributed by atoms with Gasteiger partial charge in [-0.15, -0.1) is 0 Å². The molecule has 1 aliphatic heterocycles. The van der Waals surface area contributed by atoms with Crippen molar-refractivity contribution in [3.8, 4) is 11.1 Å². The lowest BCUT2D eigenvalue weighted by Crippen LogP contribution is -2.26. The Hall–Kier alpha value is -2.13. The van der Waals surface area contributed by atoms with Crippen LogP contribution in [0.5, 0.6) is 0 Å². The number of hydrogen-bond donors (Lipinski definition) is 1. The Morgan fingerprint density at radius 1 is 0.958 bits per heavy atom. The number of likely N-dealkylation sites (tertiary alicyclic amines) is 1. The van der Waals surface area contributed by atoms with Gasteiger partial charge in [0.25, 0.3) is 0 Å². The van der Waals surface area contributed by atoms with Gasteiger partial charge in [0.05, 0.1) is 0 Å². The van der Waals surface area contributed by atoms with Gasteiger partial charge in [-0.25, -0.2) is 0 Å². The highest BCUT2D eigenvalue weighted by Gasteiger charge is 2.26. The molecule has 0 amide bonds. The number of rotatable bonds is 5. The van der Waals surface area contributed by atoms with Gasteiger partial charge in [0.2, 0.25) is 0 Å². The number of nitrogens with one attached hydrogen (secondary N) is 1. The van der Waals surface area contributed by atoms with E-state index in [0.717, 1.165) is 30.8 Å². The predicted octanol–water partition coefficient (Wildman–Crippen LogP) is 3.99. The lowest BCUT2D eigenvalue weighted by atomic mass is 9.95. The summed E-state index contributed by atoms with van der Waals surface area (Å²) in [5, 5.41) is 3.52. The van der Waals surface area contributed by atoms with E-state index in [9.17, 15) is 4.79 Å². The van der Waals surface area contributed by atoms with E-state index < -0.39 is 0 Å². The summed E-state index contributed by atoms with van der Waals surface area (Å²) in [6, 6.07) is 14.7. The molecule has 1 N–H and O–H groups in total. The topological polar surface area (TPSA) is 32.3 Å². The van der Waals surface area contributed by atoms with E-state index in [2.05, 4.69) is 46.6 Å². The van der Waals surface area contributed by atoms with Crippen molar-refractivity contribution in [2.24, 2.45) is 0 Å². The van der Waals surface area contributed by atoms with Crippen LogP contribution in [-0.4, -0.2) is 36.9 Å². The fraction of sp³-hybridized carbons (Fsp3) is 0.381. The third-order valence-corrected chi connectivity index (χ3v) is 5.22. The third kappa shape index (κ3) is 2.96. The Kier molecular flexibility index (Phi) is 4.35. The first-order valence-corrected chi connectivity index (χ1v) is 9.03. The van der Waals surface area contributed by atoms with Crippen LogP contribution in [0.2, 0.25) is 0 Å². The summed E-state index contributed by atoms with van der Waals surface area (Å²) in [5.74, 6) is 0.284. The molecule has 124 valence electrons. The van der Waals surface area contributed by atoms with E-state index in [0.29, 0.717) is 6.42 Å². The van der Waals surface area contributed by atoms with Crippen molar-refractivity contribution >= 4 is 11.5 Å². The number of carbonyl (C=O) groups excluding carboxylic acids is 1. The number of fused-ring (bicyclic) bond motifs is 1. The molecule has 0 spiro atoms. The Balaban J connectivity index is 1.57. The second-order valence-electron chi connectivity index (χ2n) is 6.78. The van der Waals surface area contributed by atoms with Crippen LogP contribution in [0.3, 0.4) is 0 Å². The number of ketones is 1. The van der Waals surface area contributed by atoms with Crippen molar-refractivity contribution in [2.45, 2.75) is 25.7 Å². The number of nitrogens with zero attached hydrogens (tertiary/aromatic N) is 1. The lowest BCUT2D eigenvalue weighted by molar-refractivity contribution is 0.0995. The molecule has 1 aliphatic carbocycles. The SMILES string of the molecule is O=C1CCc2c(-c3ccccc3)ccc(NCCN3CCCC3)c21. The fourth-order valence-electron chi connectivity index (χ4n) is 3.98. The molecule has 0 atom stereocenters. The van der Waals surface area contributed by atoms with Crippen LogP contribution in [0.15, 0.2) is 42.5 Å². The molecule has 1 heterocycles. The Morgan fingerprint density at radius 2 is 1.75 bits per heavy atom. The molecule has 3 heteroatoms. The molecule has 1 fully saturated rings. The van der Waals surface area contributed by atoms with Crippen LogP contribution in [0, 0.1) is 0 Å². The Morgan fingerprint density at radius 3 is 2.54 bits per heavy atom. The molecule has 2 aliphatic rings. The van der Waals surface area contributed by atoms with Gasteiger partial charge < -0.3 is 10.2 Å². The van der Waals surface area contributed by atoms with Crippen molar-refractivity contribution in [3.05, 3.63) is 53.6 Å². The number of benzene rings is 2. The van der Waals surface area contributed by atoms with Gasteiger partial charge in [-0.3, -0.25) is 4.79 Å². The van der Waals surface area contributed by atoms with Gasteiger partial charge in [0, 0.05) is 30.8 Å². The molecule has 0 saturated carbocycles. The molecule has 3 nitrogen and oxygen atoms in total. The molecular weight excluding hydrogens is 296 g/mol. The van der Waals surface area contributed by atoms with Crippen molar-refractivity contribution in [1.29, 1.82) is 0 Å². The minimum absolute atomic E-state index is 0.284. The summed E-state index contributed by atoms with van der Waals surface area (Å²) < 4.78 is 0. The summed E-state index contributed by atoms with van der Waals surface area (Å²) >= 11 is 0. The Labute approximate surface area is 143 Å². The zero-order valence-electron chi connectivity index (χ0n) is 14.1. The van der Waals surface area contributed by atoms with Gasteiger partial charge in [-0.05, 0) is 55.1 Å². The summed E-state index contributed by atoms with van der Waals surface area (Å²) in [4.78, 5) is 14.9. The first kappa shape index (κ1) is 15.4. The van der Waals surface area contributed by atoms with Crippen LogP contribution in [0.25, 0.3) is 11.1 Å². The van der Waals surface area contributed by atoms with Crippen molar-refractivity contribution in [1.82, 2.24) is 4.90 Å². The highest BCUT2D eigenvalue weighted by atomic mass is 16.1. The molecule has 0 radical (unpaired) electrons. The summed E-state index contributed by atoms with van der Waals surface area (Å²) in [5.41, 5.74) is 5.58. The average molecular weight is 320 g/mol. The number of anilines is 1. The van der Waals surface area contributed by atoms with E-state index in [1.54, 1.807) is 0 Å². The largest absolute Gasteiger partial charge is 0.383 e. The third-order valence-electron chi connectivity index (χ3n) is 5.22.